The average Bonchev–Trinajstić information content (AvgIpc) is 3.84. The molecule has 6 aromatic rings. The van der Waals surface area contributed by atoms with E-state index in [1.54, 1.807) is 14.2 Å². The van der Waals surface area contributed by atoms with E-state index in [4.69, 9.17) is 42.6 Å². The maximum Gasteiger partial charge on any atom is 0.218 e. The quantitative estimate of drug-likeness (QED) is 0.0938. The molecular weight excluding hydrogens is 645 g/mol. The van der Waals surface area contributed by atoms with E-state index in [-0.39, 0.29) is 0 Å². The Morgan fingerprint density at radius 3 is 1.71 bits per heavy atom. The van der Waals surface area contributed by atoms with Crippen LogP contribution in [-0.4, -0.2) is 51.1 Å². The van der Waals surface area contributed by atoms with Gasteiger partial charge in [0.15, 0.2) is 0 Å². The number of aromatic nitrogens is 6. The minimum Gasteiger partial charge on any atom is -0.481 e. The highest BCUT2D eigenvalue weighted by Gasteiger charge is 2.18. The molecule has 0 aliphatic carbocycles. The van der Waals surface area contributed by atoms with Crippen molar-refractivity contribution in [3.63, 3.8) is 0 Å². The summed E-state index contributed by atoms with van der Waals surface area (Å²) in [6, 6.07) is 19.8. The predicted molar refractivity (Wildman–Crippen MR) is 191 cm³/mol. The molecule has 4 heterocycles. The Bertz CT molecular complexity index is 1810. The van der Waals surface area contributed by atoms with Crippen LogP contribution in [0.5, 0.6) is 11.8 Å². The number of methoxy groups -OCH3 is 2. The molecule has 0 bridgehead atoms. The zero-order chi connectivity index (χ0) is 33.3. The monoisotopic (exact) mass is 681 g/mol. The minimum atomic E-state index is 0.547. The number of hydrogen-bond donors (Lipinski definition) is 3. The van der Waals surface area contributed by atoms with Gasteiger partial charge >= 0.3 is 0 Å². The summed E-state index contributed by atoms with van der Waals surface area (Å²) >= 11 is 14.2. The number of H-pyrrole nitrogens is 2. The SMILES string of the molecule is COc1nc(-c2cccc(-c3cccc(-c4ccc(CNCCc5cn[nH]c5)c(OC)n4)c3Cl)c2Cl)ccc1CCCCc1cn[nH]c1. The van der Waals surface area contributed by atoms with Crippen molar-refractivity contribution in [3.05, 3.63) is 118 Å². The summed E-state index contributed by atoms with van der Waals surface area (Å²) < 4.78 is 11.4. The second-order valence-electron chi connectivity index (χ2n) is 11.4. The molecule has 0 unspecified atom stereocenters. The lowest BCUT2D eigenvalue weighted by atomic mass is 9.97. The first-order valence-corrected chi connectivity index (χ1v) is 16.6. The zero-order valence-corrected chi connectivity index (χ0v) is 28.4. The molecule has 0 saturated heterocycles. The molecule has 0 spiro atoms. The van der Waals surface area contributed by atoms with Crippen molar-refractivity contribution in [3.8, 4) is 45.4 Å². The van der Waals surface area contributed by atoms with Crippen LogP contribution in [0.4, 0.5) is 0 Å². The summed E-state index contributed by atoms with van der Waals surface area (Å²) in [4.78, 5) is 9.67. The van der Waals surface area contributed by atoms with Crippen molar-refractivity contribution in [2.45, 2.75) is 38.6 Å². The molecule has 0 aliphatic heterocycles. The Labute approximate surface area is 290 Å². The van der Waals surface area contributed by atoms with E-state index in [2.05, 4.69) is 31.8 Å². The van der Waals surface area contributed by atoms with Crippen molar-refractivity contribution in [1.29, 1.82) is 0 Å². The van der Waals surface area contributed by atoms with E-state index in [9.17, 15) is 0 Å². The molecule has 0 radical (unpaired) electrons. The van der Waals surface area contributed by atoms with Crippen LogP contribution in [-0.2, 0) is 25.8 Å². The summed E-state index contributed by atoms with van der Waals surface area (Å²) in [6.45, 7) is 1.42. The number of hydrogen-bond acceptors (Lipinski definition) is 7. The van der Waals surface area contributed by atoms with E-state index in [0.29, 0.717) is 34.0 Å². The smallest absolute Gasteiger partial charge is 0.218 e. The topological polar surface area (TPSA) is 114 Å². The second-order valence-corrected chi connectivity index (χ2v) is 12.2. The number of aryl methyl sites for hydroxylation is 2. The molecule has 3 N–H and O–H groups in total. The van der Waals surface area contributed by atoms with Crippen LogP contribution in [0.3, 0.4) is 0 Å². The van der Waals surface area contributed by atoms with Crippen molar-refractivity contribution in [1.82, 2.24) is 35.7 Å². The Morgan fingerprint density at radius 1 is 0.625 bits per heavy atom. The summed E-state index contributed by atoms with van der Waals surface area (Å²) in [5.41, 5.74) is 9.01. The fourth-order valence-corrected chi connectivity index (χ4v) is 6.37. The van der Waals surface area contributed by atoms with Crippen LogP contribution >= 0.6 is 23.2 Å². The Balaban J connectivity index is 1.19. The van der Waals surface area contributed by atoms with Gasteiger partial charge in [0.1, 0.15) is 0 Å². The fourth-order valence-electron chi connectivity index (χ4n) is 5.72. The molecule has 0 atom stereocenters. The highest BCUT2D eigenvalue weighted by molar-refractivity contribution is 6.39. The van der Waals surface area contributed by atoms with E-state index in [1.165, 1.54) is 5.56 Å². The first-order valence-electron chi connectivity index (χ1n) is 15.9. The van der Waals surface area contributed by atoms with Gasteiger partial charge in [-0.05, 0) is 61.9 Å². The average molecular weight is 683 g/mol. The number of rotatable bonds is 15. The molecule has 0 fully saturated rings. The maximum absolute atomic E-state index is 7.10. The number of halogens is 2. The van der Waals surface area contributed by atoms with Gasteiger partial charge < -0.3 is 14.8 Å². The van der Waals surface area contributed by atoms with Gasteiger partial charge in [-0.1, -0.05) is 71.7 Å². The lowest BCUT2D eigenvalue weighted by Gasteiger charge is -2.15. The number of pyridine rings is 2. The Hall–Kier alpha value is -4.70. The molecule has 4 aromatic heterocycles. The lowest BCUT2D eigenvalue weighted by Crippen LogP contribution is -2.17. The highest BCUT2D eigenvalue weighted by atomic mass is 35.5. The van der Waals surface area contributed by atoms with Gasteiger partial charge in [0.25, 0.3) is 0 Å². The molecule has 2 aromatic carbocycles. The van der Waals surface area contributed by atoms with Crippen molar-refractivity contribution >= 4 is 23.2 Å². The zero-order valence-electron chi connectivity index (χ0n) is 26.9. The molecule has 246 valence electrons. The Kier molecular flexibility index (Phi) is 11.0. The first-order chi connectivity index (χ1) is 23.6. The molecule has 0 amide bonds. The number of ether oxygens (including phenoxy) is 2. The van der Waals surface area contributed by atoms with E-state index in [1.807, 2.05) is 79.4 Å². The van der Waals surface area contributed by atoms with Gasteiger partial charge in [0.2, 0.25) is 11.8 Å². The van der Waals surface area contributed by atoms with Gasteiger partial charge in [0, 0.05) is 52.3 Å². The predicted octanol–water partition coefficient (Wildman–Crippen LogP) is 8.15. The third-order valence-corrected chi connectivity index (χ3v) is 9.10. The van der Waals surface area contributed by atoms with Crippen molar-refractivity contribution in [2.75, 3.05) is 20.8 Å². The summed E-state index contributed by atoms with van der Waals surface area (Å²) in [5, 5.41) is 18.3. The molecule has 0 aliphatic rings. The van der Waals surface area contributed by atoms with Crippen molar-refractivity contribution < 1.29 is 9.47 Å². The largest absolute Gasteiger partial charge is 0.481 e. The fraction of sp³-hybridized carbons (Fsp3) is 0.243. The van der Waals surface area contributed by atoms with E-state index < -0.39 is 0 Å². The third-order valence-electron chi connectivity index (χ3n) is 8.28. The number of aromatic amines is 2. The molecule has 0 saturated carbocycles. The van der Waals surface area contributed by atoms with Crippen LogP contribution in [0.1, 0.15) is 35.1 Å². The van der Waals surface area contributed by atoms with Crippen LogP contribution in [0.2, 0.25) is 10.0 Å². The minimum absolute atomic E-state index is 0.547. The third kappa shape index (κ3) is 7.71. The number of benzene rings is 2. The number of unbranched alkanes of at least 4 members (excludes halogenated alkanes) is 1. The normalized spacial score (nSPS) is 11.2. The Morgan fingerprint density at radius 2 is 1.15 bits per heavy atom. The van der Waals surface area contributed by atoms with Crippen LogP contribution in [0, 0.1) is 0 Å². The first kappa shape index (κ1) is 33.2. The number of nitrogens with zero attached hydrogens (tertiary/aromatic N) is 4. The van der Waals surface area contributed by atoms with Crippen LogP contribution in [0.25, 0.3) is 33.6 Å². The summed E-state index contributed by atoms with van der Waals surface area (Å²) in [5.74, 6) is 1.15. The molecule has 48 heavy (non-hydrogen) atoms. The number of nitrogens with one attached hydrogen (secondary N) is 3. The molecular formula is C37H37Cl2N7O2. The standard InChI is InChI=1S/C37H37Cl2N7O2/c1-47-36-26(8-4-3-7-24-19-41-42-20-24)13-15-32(45-36)30-11-5-9-28(34(30)38)29-10-6-12-31(35(29)39)33-16-14-27(37(46-33)48-2)23-40-18-17-25-21-43-44-22-25/h5-6,9-16,19-22,40H,3-4,7-8,17-18,23H2,1-2H3,(H,41,42)(H,43,44). The highest BCUT2D eigenvalue weighted by Crippen LogP contribution is 2.42. The van der Waals surface area contributed by atoms with Gasteiger partial charge in [0.05, 0.1) is 48.0 Å². The van der Waals surface area contributed by atoms with Gasteiger partial charge in [-0.3, -0.25) is 10.2 Å². The van der Waals surface area contributed by atoms with Crippen molar-refractivity contribution in [2.24, 2.45) is 0 Å². The van der Waals surface area contributed by atoms with Gasteiger partial charge in [-0.25, -0.2) is 9.97 Å². The van der Waals surface area contributed by atoms with Gasteiger partial charge in [-0.2, -0.15) is 10.2 Å². The molecule has 9 nitrogen and oxygen atoms in total. The van der Waals surface area contributed by atoms with E-state index >= 15 is 0 Å². The van der Waals surface area contributed by atoms with Crippen LogP contribution < -0.4 is 14.8 Å². The van der Waals surface area contributed by atoms with Crippen LogP contribution in [0.15, 0.2) is 85.5 Å². The maximum atomic E-state index is 7.10. The lowest BCUT2D eigenvalue weighted by molar-refractivity contribution is 0.391. The van der Waals surface area contributed by atoms with E-state index in [0.717, 1.165) is 83.3 Å². The summed E-state index contributed by atoms with van der Waals surface area (Å²) in [6.07, 6.45) is 12.3. The summed E-state index contributed by atoms with van der Waals surface area (Å²) in [7, 11) is 3.28. The second kappa shape index (κ2) is 15.9. The van der Waals surface area contributed by atoms with Gasteiger partial charge in [-0.15, -0.1) is 0 Å². The molecule has 6 rings (SSSR count). The molecule has 11 heteroatoms.